The number of urea groups is 1. The Bertz CT molecular complexity index is 441. The van der Waals surface area contributed by atoms with Crippen molar-refractivity contribution in [2.24, 2.45) is 0 Å². The fourth-order valence-electron chi connectivity index (χ4n) is 2.69. The van der Waals surface area contributed by atoms with Gasteiger partial charge in [-0.3, -0.25) is 4.90 Å². The molecule has 1 fully saturated rings. The van der Waals surface area contributed by atoms with E-state index in [-0.39, 0.29) is 12.1 Å². The number of carbonyl (C=O) groups excluding carboxylic acids is 1. The number of anilines is 1. The second kappa shape index (κ2) is 6.41. The number of carbonyl (C=O) groups is 1. The van der Waals surface area contributed by atoms with E-state index in [0.717, 1.165) is 37.8 Å². The van der Waals surface area contributed by atoms with E-state index in [0.29, 0.717) is 0 Å². The molecule has 1 atom stereocenters. The van der Waals surface area contributed by atoms with Gasteiger partial charge in [-0.15, -0.1) is 0 Å². The van der Waals surface area contributed by atoms with Crippen molar-refractivity contribution >= 4 is 11.7 Å². The van der Waals surface area contributed by atoms with Crippen LogP contribution in [-0.4, -0.2) is 19.1 Å². The molecular formula is C16H22N2O. The molecule has 1 unspecified atom stereocenters. The van der Waals surface area contributed by atoms with Gasteiger partial charge in [-0.25, -0.2) is 4.79 Å². The average molecular weight is 258 g/mol. The zero-order valence-corrected chi connectivity index (χ0v) is 11.6. The summed E-state index contributed by atoms with van der Waals surface area (Å²) in [6.07, 6.45) is 5.27. The molecule has 0 radical (unpaired) electrons. The first kappa shape index (κ1) is 13.7. The van der Waals surface area contributed by atoms with Crippen molar-refractivity contribution in [3.05, 3.63) is 42.5 Å². The number of amides is 2. The zero-order chi connectivity index (χ0) is 13.7. The Morgan fingerprint density at radius 1 is 1.26 bits per heavy atom. The topological polar surface area (TPSA) is 32.3 Å². The fourth-order valence-corrected chi connectivity index (χ4v) is 2.69. The van der Waals surface area contributed by atoms with E-state index in [1.807, 2.05) is 35.2 Å². The number of hydrogen-bond acceptors (Lipinski definition) is 1. The lowest BCUT2D eigenvalue weighted by Crippen LogP contribution is -2.45. The van der Waals surface area contributed by atoms with Crippen molar-refractivity contribution < 1.29 is 4.79 Å². The SMILES string of the molecule is C=C1CCCC(N(C(=O)NC)c2ccccc2)CC1. The highest BCUT2D eigenvalue weighted by Crippen LogP contribution is 2.28. The van der Waals surface area contributed by atoms with Crippen LogP contribution >= 0.6 is 0 Å². The molecule has 3 heteroatoms. The second-order valence-corrected chi connectivity index (χ2v) is 5.10. The lowest BCUT2D eigenvalue weighted by molar-refractivity contribution is 0.245. The molecule has 0 aliphatic heterocycles. The molecule has 1 aromatic rings. The molecule has 1 aromatic carbocycles. The third-order valence-corrected chi connectivity index (χ3v) is 3.73. The zero-order valence-electron chi connectivity index (χ0n) is 11.6. The number of nitrogens with zero attached hydrogens (tertiary/aromatic N) is 1. The van der Waals surface area contributed by atoms with Crippen molar-refractivity contribution in [1.29, 1.82) is 0 Å². The van der Waals surface area contributed by atoms with Gasteiger partial charge < -0.3 is 5.32 Å². The van der Waals surface area contributed by atoms with Crippen LogP contribution in [0.5, 0.6) is 0 Å². The maximum Gasteiger partial charge on any atom is 0.321 e. The van der Waals surface area contributed by atoms with Crippen LogP contribution in [0.2, 0.25) is 0 Å². The Labute approximate surface area is 115 Å². The number of nitrogens with one attached hydrogen (secondary N) is 1. The quantitative estimate of drug-likeness (QED) is 0.636. The maximum absolute atomic E-state index is 12.2. The van der Waals surface area contributed by atoms with Gasteiger partial charge in [0.25, 0.3) is 0 Å². The Morgan fingerprint density at radius 2 is 2.00 bits per heavy atom. The number of allylic oxidation sites excluding steroid dienone is 1. The lowest BCUT2D eigenvalue weighted by atomic mass is 10.1. The van der Waals surface area contributed by atoms with Crippen LogP contribution in [0.3, 0.4) is 0 Å². The van der Waals surface area contributed by atoms with E-state index in [2.05, 4.69) is 11.9 Å². The summed E-state index contributed by atoms with van der Waals surface area (Å²) in [5, 5.41) is 2.76. The van der Waals surface area contributed by atoms with Crippen molar-refractivity contribution in [3.8, 4) is 0 Å². The van der Waals surface area contributed by atoms with Gasteiger partial charge in [-0.2, -0.15) is 0 Å². The fraction of sp³-hybridized carbons (Fsp3) is 0.438. The third-order valence-electron chi connectivity index (χ3n) is 3.73. The summed E-state index contributed by atoms with van der Waals surface area (Å²) in [4.78, 5) is 14.1. The minimum Gasteiger partial charge on any atom is -0.341 e. The molecule has 0 bridgehead atoms. The number of para-hydroxylation sites is 1. The minimum absolute atomic E-state index is 0.0243. The van der Waals surface area contributed by atoms with Crippen molar-refractivity contribution in [1.82, 2.24) is 5.32 Å². The standard InChI is InChI=1S/C16H22N2O/c1-13-7-6-10-15(12-11-13)18(16(19)17-2)14-8-4-3-5-9-14/h3-5,8-9,15H,1,6-7,10-12H2,2H3,(H,17,19). The van der Waals surface area contributed by atoms with Gasteiger partial charge in [0, 0.05) is 18.8 Å². The molecule has 1 N–H and O–H groups in total. The summed E-state index contributed by atoms with van der Waals surface area (Å²) >= 11 is 0. The van der Waals surface area contributed by atoms with E-state index in [1.165, 1.54) is 5.57 Å². The van der Waals surface area contributed by atoms with Crippen molar-refractivity contribution in [2.45, 2.75) is 38.1 Å². The van der Waals surface area contributed by atoms with Crippen LogP contribution in [0.1, 0.15) is 32.1 Å². The molecule has 1 aliphatic rings. The number of rotatable bonds is 2. The number of hydrogen-bond donors (Lipinski definition) is 1. The first-order valence-electron chi connectivity index (χ1n) is 6.95. The largest absolute Gasteiger partial charge is 0.341 e. The van der Waals surface area contributed by atoms with Crippen molar-refractivity contribution in [3.63, 3.8) is 0 Å². The normalized spacial score (nSPS) is 19.6. The molecule has 3 nitrogen and oxygen atoms in total. The van der Waals surface area contributed by atoms with E-state index in [1.54, 1.807) is 7.05 Å². The summed E-state index contributed by atoms with van der Waals surface area (Å²) in [6.45, 7) is 4.09. The Balaban J connectivity index is 2.22. The number of benzene rings is 1. The molecule has 1 saturated carbocycles. The van der Waals surface area contributed by atoms with E-state index >= 15 is 0 Å². The highest BCUT2D eigenvalue weighted by atomic mass is 16.2. The highest BCUT2D eigenvalue weighted by molar-refractivity contribution is 5.92. The maximum atomic E-state index is 12.2. The molecule has 0 saturated heterocycles. The molecule has 0 heterocycles. The summed E-state index contributed by atoms with van der Waals surface area (Å²) in [6, 6.07) is 10.1. The van der Waals surface area contributed by atoms with Crippen LogP contribution in [0.15, 0.2) is 42.5 Å². The molecule has 1 aliphatic carbocycles. The summed E-state index contributed by atoms with van der Waals surface area (Å²) in [5.74, 6) is 0. The van der Waals surface area contributed by atoms with Gasteiger partial charge >= 0.3 is 6.03 Å². The summed E-state index contributed by atoms with van der Waals surface area (Å²) in [5.41, 5.74) is 2.28. The van der Waals surface area contributed by atoms with Gasteiger partial charge in [0.05, 0.1) is 0 Å². The average Bonchev–Trinajstić information content (AvgIpc) is 2.65. The monoisotopic (exact) mass is 258 g/mol. The third kappa shape index (κ3) is 3.37. The summed E-state index contributed by atoms with van der Waals surface area (Å²) < 4.78 is 0. The lowest BCUT2D eigenvalue weighted by Gasteiger charge is -2.30. The van der Waals surface area contributed by atoms with Crippen LogP contribution in [0, 0.1) is 0 Å². The van der Waals surface area contributed by atoms with E-state index < -0.39 is 0 Å². The van der Waals surface area contributed by atoms with Crippen LogP contribution in [-0.2, 0) is 0 Å². The van der Waals surface area contributed by atoms with Crippen molar-refractivity contribution in [2.75, 3.05) is 11.9 Å². The highest BCUT2D eigenvalue weighted by Gasteiger charge is 2.25. The molecule has 2 rings (SSSR count). The van der Waals surface area contributed by atoms with Gasteiger partial charge in [0.2, 0.25) is 0 Å². The second-order valence-electron chi connectivity index (χ2n) is 5.10. The van der Waals surface area contributed by atoms with Crippen LogP contribution < -0.4 is 10.2 Å². The molecule has 0 aromatic heterocycles. The molecule has 102 valence electrons. The Hall–Kier alpha value is -1.77. The molecule has 2 amide bonds. The van der Waals surface area contributed by atoms with Crippen LogP contribution in [0.4, 0.5) is 10.5 Å². The van der Waals surface area contributed by atoms with E-state index in [9.17, 15) is 4.79 Å². The van der Waals surface area contributed by atoms with E-state index in [4.69, 9.17) is 0 Å². The predicted molar refractivity (Wildman–Crippen MR) is 79.4 cm³/mol. The molecule has 0 spiro atoms. The van der Waals surface area contributed by atoms with Gasteiger partial charge in [-0.1, -0.05) is 30.4 Å². The first-order valence-corrected chi connectivity index (χ1v) is 6.95. The molecular weight excluding hydrogens is 236 g/mol. The minimum atomic E-state index is -0.0243. The van der Waals surface area contributed by atoms with Gasteiger partial charge in [0.15, 0.2) is 0 Å². The molecule has 19 heavy (non-hydrogen) atoms. The van der Waals surface area contributed by atoms with Gasteiger partial charge in [0.1, 0.15) is 0 Å². The Kier molecular flexibility index (Phi) is 4.61. The summed E-state index contributed by atoms with van der Waals surface area (Å²) in [7, 11) is 1.69. The van der Waals surface area contributed by atoms with Gasteiger partial charge in [-0.05, 0) is 44.2 Å². The first-order chi connectivity index (χ1) is 9.22. The van der Waals surface area contributed by atoms with Crippen LogP contribution in [0.25, 0.3) is 0 Å². The smallest absolute Gasteiger partial charge is 0.321 e. The predicted octanol–water partition coefficient (Wildman–Crippen LogP) is 3.72. The Morgan fingerprint density at radius 3 is 2.68 bits per heavy atom.